The molecule has 0 aromatic carbocycles. The highest BCUT2D eigenvalue weighted by Crippen LogP contribution is 2.41. The Balaban J connectivity index is 2.02. The maximum atomic E-state index is 11.8. The predicted molar refractivity (Wildman–Crippen MR) is 67.7 cm³/mol. The molecule has 1 aromatic heterocycles. The average molecular weight is 253 g/mol. The van der Waals surface area contributed by atoms with E-state index in [1.54, 1.807) is 0 Å². The summed E-state index contributed by atoms with van der Waals surface area (Å²) in [5.41, 5.74) is 2.38. The lowest BCUT2D eigenvalue weighted by Gasteiger charge is -2.12. The van der Waals surface area contributed by atoms with Crippen molar-refractivity contribution in [2.45, 2.75) is 25.2 Å². The molecule has 1 saturated carbocycles. The summed E-state index contributed by atoms with van der Waals surface area (Å²) < 4.78 is 0. The van der Waals surface area contributed by atoms with Crippen molar-refractivity contribution >= 4 is 17.3 Å². The SMILES string of the molecule is C#Cc1nnc(C2=CNC(=O)CC2=O)cc1C1CC1. The van der Waals surface area contributed by atoms with E-state index in [0.29, 0.717) is 22.9 Å². The second-order valence-electron chi connectivity index (χ2n) is 4.68. The van der Waals surface area contributed by atoms with Crippen LogP contribution in [0.25, 0.3) is 5.57 Å². The van der Waals surface area contributed by atoms with Crippen molar-refractivity contribution in [3.05, 3.63) is 29.2 Å². The van der Waals surface area contributed by atoms with Crippen LogP contribution in [-0.4, -0.2) is 21.9 Å². The van der Waals surface area contributed by atoms with Crippen LogP contribution in [0.4, 0.5) is 0 Å². The molecular formula is C14H11N3O2. The summed E-state index contributed by atoms with van der Waals surface area (Å²) in [6.45, 7) is 0. The Morgan fingerprint density at radius 2 is 2.11 bits per heavy atom. The fourth-order valence-electron chi connectivity index (χ4n) is 2.10. The molecule has 5 heteroatoms. The lowest BCUT2D eigenvalue weighted by Crippen LogP contribution is -2.27. The Hall–Kier alpha value is -2.48. The molecule has 94 valence electrons. The lowest BCUT2D eigenvalue weighted by atomic mass is 10.0. The largest absolute Gasteiger partial charge is 0.331 e. The summed E-state index contributed by atoms with van der Waals surface area (Å²) in [7, 11) is 0. The van der Waals surface area contributed by atoms with E-state index in [2.05, 4.69) is 21.4 Å². The van der Waals surface area contributed by atoms with E-state index in [0.717, 1.165) is 18.4 Å². The Morgan fingerprint density at radius 3 is 2.74 bits per heavy atom. The molecule has 3 rings (SSSR count). The first-order chi connectivity index (χ1) is 9.19. The number of rotatable bonds is 2. The van der Waals surface area contributed by atoms with Gasteiger partial charge >= 0.3 is 0 Å². The number of allylic oxidation sites excluding steroid dienone is 1. The van der Waals surface area contributed by atoms with Gasteiger partial charge < -0.3 is 5.32 Å². The highest BCUT2D eigenvalue weighted by Gasteiger charge is 2.29. The molecule has 1 fully saturated rings. The topological polar surface area (TPSA) is 72.0 Å². The summed E-state index contributed by atoms with van der Waals surface area (Å²) in [5, 5.41) is 10.5. The van der Waals surface area contributed by atoms with Crippen molar-refractivity contribution in [3.8, 4) is 12.3 Å². The number of carbonyl (C=O) groups is 2. The molecule has 1 aliphatic carbocycles. The Bertz CT molecular complexity index is 651. The second-order valence-corrected chi connectivity index (χ2v) is 4.68. The molecule has 0 bridgehead atoms. The number of nitrogens with zero attached hydrogens (tertiary/aromatic N) is 2. The predicted octanol–water partition coefficient (Wildman–Crippen LogP) is 0.765. The molecule has 1 amide bonds. The van der Waals surface area contributed by atoms with Gasteiger partial charge in [0.05, 0.1) is 17.7 Å². The zero-order valence-electron chi connectivity index (χ0n) is 10.1. The maximum Gasteiger partial charge on any atom is 0.231 e. The Kier molecular flexibility index (Phi) is 2.64. The van der Waals surface area contributed by atoms with Gasteiger partial charge in [-0.15, -0.1) is 16.6 Å². The van der Waals surface area contributed by atoms with Gasteiger partial charge in [-0.05, 0) is 36.3 Å². The summed E-state index contributed by atoms with van der Waals surface area (Å²) in [6, 6.07) is 1.82. The van der Waals surface area contributed by atoms with Crippen LogP contribution in [0.5, 0.6) is 0 Å². The number of hydrogen-bond acceptors (Lipinski definition) is 4. The Morgan fingerprint density at radius 1 is 1.32 bits per heavy atom. The lowest BCUT2D eigenvalue weighted by molar-refractivity contribution is -0.125. The van der Waals surface area contributed by atoms with Gasteiger partial charge in [-0.25, -0.2) is 0 Å². The number of Topliss-reactive ketones (excluding diaryl/α,β-unsaturated/α-hetero) is 1. The minimum absolute atomic E-state index is 0.150. The summed E-state index contributed by atoms with van der Waals surface area (Å²) in [5.74, 6) is 2.40. The van der Waals surface area contributed by atoms with Crippen molar-refractivity contribution in [2.24, 2.45) is 0 Å². The molecule has 0 atom stereocenters. The fourth-order valence-corrected chi connectivity index (χ4v) is 2.10. The van der Waals surface area contributed by atoms with Crippen molar-refractivity contribution < 1.29 is 9.59 Å². The zero-order valence-corrected chi connectivity index (χ0v) is 10.1. The molecule has 2 aliphatic rings. The van der Waals surface area contributed by atoms with Gasteiger partial charge in [-0.1, -0.05) is 0 Å². The van der Waals surface area contributed by atoms with Crippen molar-refractivity contribution in [2.75, 3.05) is 0 Å². The monoisotopic (exact) mass is 253 g/mol. The molecule has 1 aliphatic heterocycles. The van der Waals surface area contributed by atoms with Crippen molar-refractivity contribution in [3.63, 3.8) is 0 Å². The second kappa shape index (κ2) is 4.32. The highest BCUT2D eigenvalue weighted by molar-refractivity contribution is 6.27. The minimum atomic E-state index is -0.302. The number of aromatic nitrogens is 2. The van der Waals surface area contributed by atoms with E-state index in [-0.39, 0.29) is 18.1 Å². The maximum absolute atomic E-state index is 11.8. The van der Waals surface area contributed by atoms with Crippen LogP contribution in [0.2, 0.25) is 0 Å². The van der Waals surface area contributed by atoms with Crippen LogP contribution in [-0.2, 0) is 9.59 Å². The first-order valence-electron chi connectivity index (χ1n) is 6.06. The molecule has 0 spiro atoms. The highest BCUT2D eigenvalue weighted by atomic mass is 16.2. The van der Waals surface area contributed by atoms with Gasteiger partial charge in [0.25, 0.3) is 0 Å². The Labute approximate surface area is 110 Å². The van der Waals surface area contributed by atoms with E-state index in [1.165, 1.54) is 6.20 Å². The van der Waals surface area contributed by atoms with Crippen LogP contribution < -0.4 is 5.32 Å². The molecule has 5 nitrogen and oxygen atoms in total. The van der Waals surface area contributed by atoms with E-state index < -0.39 is 0 Å². The third-order valence-corrected chi connectivity index (χ3v) is 3.25. The van der Waals surface area contributed by atoms with Crippen LogP contribution in [0, 0.1) is 12.3 Å². The fraction of sp³-hybridized carbons (Fsp3) is 0.286. The first kappa shape index (κ1) is 11.6. The van der Waals surface area contributed by atoms with Gasteiger partial charge in [-0.2, -0.15) is 0 Å². The number of hydrogen-bond donors (Lipinski definition) is 1. The van der Waals surface area contributed by atoms with E-state index in [1.807, 2.05) is 6.07 Å². The number of nitrogens with one attached hydrogen (secondary N) is 1. The van der Waals surface area contributed by atoms with Crippen LogP contribution in [0.1, 0.15) is 42.1 Å². The average Bonchev–Trinajstić information content (AvgIpc) is 3.22. The number of amides is 1. The normalized spacial score (nSPS) is 18.6. The third-order valence-electron chi connectivity index (χ3n) is 3.25. The van der Waals surface area contributed by atoms with Gasteiger partial charge in [0.15, 0.2) is 5.78 Å². The van der Waals surface area contributed by atoms with Gasteiger partial charge in [0.2, 0.25) is 5.91 Å². The van der Waals surface area contributed by atoms with Gasteiger partial charge in [0.1, 0.15) is 5.69 Å². The molecule has 0 unspecified atom stereocenters. The first-order valence-corrected chi connectivity index (χ1v) is 6.06. The van der Waals surface area contributed by atoms with Gasteiger partial charge in [-0.3, -0.25) is 9.59 Å². The minimum Gasteiger partial charge on any atom is -0.331 e. The number of terminal acetylenes is 1. The molecule has 2 heterocycles. The molecule has 0 radical (unpaired) electrons. The number of carbonyl (C=O) groups excluding carboxylic acids is 2. The van der Waals surface area contributed by atoms with Crippen LogP contribution >= 0.6 is 0 Å². The van der Waals surface area contributed by atoms with Crippen molar-refractivity contribution in [1.82, 2.24) is 15.5 Å². The van der Waals surface area contributed by atoms with Gasteiger partial charge in [0, 0.05) is 6.20 Å². The van der Waals surface area contributed by atoms with Crippen LogP contribution in [0.3, 0.4) is 0 Å². The smallest absolute Gasteiger partial charge is 0.231 e. The standard InChI is InChI=1S/C14H11N3O2/c1-2-11-9(8-3-4-8)5-12(17-16-11)10-7-15-14(19)6-13(10)18/h1,5,7-8H,3-4,6H2,(H,15,19). The molecular weight excluding hydrogens is 242 g/mol. The van der Waals surface area contributed by atoms with E-state index in [9.17, 15) is 9.59 Å². The molecule has 19 heavy (non-hydrogen) atoms. The van der Waals surface area contributed by atoms with E-state index in [4.69, 9.17) is 6.42 Å². The zero-order chi connectivity index (χ0) is 13.4. The number of ketones is 1. The molecule has 1 aromatic rings. The molecule has 0 saturated heterocycles. The van der Waals surface area contributed by atoms with E-state index >= 15 is 0 Å². The third kappa shape index (κ3) is 2.13. The van der Waals surface area contributed by atoms with Crippen molar-refractivity contribution in [1.29, 1.82) is 0 Å². The summed E-state index contributed by atoms with van der Waals surface area (Å²) >= 11 is 0. The quantitative estimate of drug-likeness (QED) is 0.624. The summed E-state index contributed by atoms with van der Waals surface area (Å²) in [4.78, 5) is 22.9. The molecule has 1 N–H and O–H groups in total. The van der Waals surface area contributed by atoms with Crippen LogP contribution in [0.15, 0.2) is 12.3 Å². The summed E-state index contributed by atoms with van der Waals surface area (Å²) in [6.07, 6.45) is 8.82.